The molecule has 96 valence electrons. The van der Waals surface area contributed by atoms with Crippen LogP contribution in [0.3, 0.4) is 0 Å². The van der Waals surface area contributed by atoms with Crippen LogP contribution < -0.4 is 5.73 Å². The number of halogens is 4. The van der Waals surface area contributed by atoms with Gasteiger partial charge in [-0.1, -0.05) is 6.92 Å². The maximum Gasteiger partial charge on any atom is 0.401 e. The van der Waals surface area contributed by atoms with E-state index in [-0.39, 0.29) is 13.1 Å². The van der Waals surface area contributed by atoms with Crippen LogP contribution >= 0.6 is 0 Å². The third kappa shape index (κ3) is 4.60. The highest BCUT2D eigenvalue weighted by atomic mass is 19.4. The topological polar surface area (TPSA) is 29.3 Å². The first-order chi connectivity index (χ1) is 7.81. The van der Waals surface area contributed by atoms with Gasteiger partial charge < -0.3 is 5.73 Å². The maximum absolute atomic E-state index is 12.9. The van der Waals surface area contributed by atoms with E-state index in [1.807, 2.05) is 0 Å². The molecule has 0 heterocycles. The quantitative estimate of drug-likeness (QED) is 0.657. The van der Waals surface area contributed by atoms with Gasteiger partial charge in [-0.2, -0.15) is 13.2 Å². The molecule has 17 heavy (non-hydrogen) atoms. The van der Waals surface area contributed by atoms with Gasteiger partial charge in [0.1, 0.15) is 5.82 Å². The van der Waals surface area contributed by atoms with Crippen LogP contribution in [0, 0.1) is 5.82 Å². The lowest BCUT2D eigenvalue weighted by Gasteiger charge is -2.22. The largest absolute Gasteiger partial charge is 0.401 e. The van der Waals surface area contributed by atoms with Gasteiger partial charge in [0.05, 0.1) is 6.54 Å². The third-order valence-electron chi connectivity index (χ3n) is 2.35. The number of benzene rings is 1. The van der Waals surface area contributed by atoms with Crippen LogP contribution in [0.2, 0.25) is 0 Å². The Kier molecular flexibility index (Phi) is 4.34. The van der Waals surface area contributed by atoms with Crippen LogP contribution in [0.15, 0.2) is 18.2 Å². The number of rotatable bonds is 4. The second kappa shape index (κ2) is 5.35. The lowest BCUT2D eigenvalue weighted by atomic mass is 10.1. The Morgan fingerprint density at radius 1 is 1.29 bits per heavy atom. The summed E-state index contributed by atoms with van der Waals surface area (Å²) < 4.78 is 49.6. The molecule has 0 fully saturated rings. The molecule has 0 aliphatic rings. The molecule has 1 rings (SSSR count). The summed E-state index contributed by atoms with van der Waals surface area (Å²) in [7, 11) is 0. The van der Waals surface area contributed by atoms with Gasteiger partial charge in [0.2, 0.25) is 0 Å². The molecule has 0 aromatic heterocycles. The van der Waals surface area contributed by atoms with Crippen molar-refractivity contribution in [2.45, 2.75) is 19.6 Å². The first-order valence-corrected chi connectivity index (χ1v) is 5.15. The van der Waals surface area contributed by atoms with Crippen molar-refractivity contribution < 1.29 is 17.6 Å². The van der Waals surface area contributed by atoms with Gasteiger partial charge in [-0.25, -0.2) is 4.39 Å². The summed E-state index contributed by atoms with van der Waals surface area (Å²) in [6, 6.07) is 3.69. The Morgan fingerprint density at radius 3 is 2.47 bits per heavy atom. The Labute approximate surface area is 97.0 Å². The Bertz CT molecular complexity index is 376. The van der Waals surface area contributed by atoms with E-state index < -0.39 is 18.5 Å². The van der Waals surface area contributed by atoms with Crippen LogP contribution in [0.4, 0.5) is 23.2 Å². The number of alkyl halides is 3. The molecule has 0 saturated heterocycles. The predicted molar refractivity (Wildman–Crippen MR) is 57.8 cm³/mol. The molecule has 1 aromatic carbocycles. The van der Waals surface area contributed by atoms with Crippen LogP contribution in [0.5, 0.6) is 0 Å². The molecular weight excluding hydrogens is 236 g/mol. The van der Waals surface area contributed by atoms with Crippen molar-refractivity contribution in [1.29, 1.82) is 0 Å². The average Bonchev–Trinajstić information content (AvgIpc) is 2.20. The fraction of sp³-hybridized carbons (Fsp3) is 0.455. The van der Waals surface area contributed by atoms with Crippen LogP contribution in [0.1, 0.15) is 12.5 Å². The van der Waals surface area contributed by atoms with Crippen molar-refractivity contribution in [3.05, 3.63) is 29.6 Å². The molecule has 2 nitrogen and oxygen atoms in total. The summed E-state index contributed by atoms with van der Waals surface area (Å²) in [6.07, 6.45) is -4.27. The minimum atomic E-state index is -4.27. The van der Waals surface area contributed by atoms with E-state index in [9.17, 15) is 17.6 Å². The van der Waals surface area contributed by atoms with Crippen molar-refractivity contribution in [2.75, 3.05) is 18.8 Å². The van der Waals surface area contributed by atoms with Crippen molar-refractivity contribution in [3.8, 4) is 0 Å². The first kappa shape index (κ1) is 13.8. The second-order valence-corrected chi connectivity index (χ2v) is 3.76. The van der Waals surface area contributed by atoms with Crippen molar-refractivity contribution >= 4 is 5.69 Å². The molecule has 2 N–H and O–H groups in total. The van der Waals surface area contributed by atoms with E-state index in [4.69, 9.17) is 5.73 Å². The van der Waals surface area contributed by atoms with Crippen LogP contribution in [-0.2, 0) is 6.54 Å². The number of nitrogens with two attached hydrogens (primary N) is 1. The summed E-state index contributed by atoms with van der Waals surface area (Å²) in [6.45, 7) is 0.787. The molecule has 0 amide bonds. The Hall–Kier alpha value is -1.30. The predicted octanol–water partition coefficient (Wildman–Crippen LogP) is 2.79. The van der Waals surface area contributed by atoms with E-state index >= 15 is 0 Å². The normalized spacial score (nSPS) is 12.1. The molecule has 0 bridgehead atoms. The summed E-state index contributed by atoms with van der Waals surface area (Å²) in [4.78, 5) is 1.16. The maximum atomic E-state index is 12.9. The fourth-order valence-electron chi connectivity index (χ4n) is 1.49. The zero-order valence-electron chi connectivity index (χ0n) is 9.39. The molecule has 0 aliphatic carbocycles. The number of nitrogens with zero attached hydrogens (tertiary/aromatic N) is 1. The highest BCUT2D eigenvalue weighted by Crippen LogP contribution is 2.20. The van der Waals surface area contributed by atoms with E-state index in [2.05, 4.69) is 0 Å². The summed E-state index contributed by atoms with van der Waals surface area (Å²) in [5.41, 5.74) is 6.25. The van der Waals surface area contributed by atoms with Gasteiger partial charge in [0.15, 0.2) is 0 Å². The fourth-order valence-corrected chi connectivity index (χ4v) is 1.49. The van der Waals surface area contributed by atoms with Gasteiger partial charge in [-0.15, -0.1) is 0 Å². The number of hydrogen-bond acceptors (Lipinski definition) is 2. The minimum Gasteiger partial charge on any atom is -0.398 e. The van der Waals surface area contributed by atoms with Crippen molar-refractivity contribution in [2.24, 2.45) is 0 Å². The summed E-state index contributed by atoms with van der Waals surface area (Å²) >= 11 is 0. The molecule has 6 heteroatoms. The van der Waals surface area contributed by atoms with Crippen molar-refractivity contribution in [3.63, 3.8) is 0 Å². The molecule has 0 unspecified atom stereocenters. The smallest absolute Gasteiger partial charge is 0.398 e. The standard InChI is InChI=1S/C11H14F4N2/c1-2-17(7-11(13,14)15)6-8-5-9(12)3-4-10(8)16/h3-5H,2,6-7,16H2,1H3. The first-order valence-electron chi connectivity index (χ1n) is 5.15. The van der Waals surface area contributed by atoms with Gasteiger partial charge in [0, 0.05) is 12.2 Å². The molecule has 0 radical (unpaired) electrons. The van der Waals surface area contributed by atoms with Gasteiger partial charge in [-0.3, -0.25) is 4.90 Å². The van der Waals surface area contributed by atoms with E-state index in [1.165, 1.54) is 12.1 Å². The highest BCUT2D eigenvalue weighted by Gasteiger charge is 2.30. The molecule has 0 aliphatic heterocycles. The number of nitrogen functional groups attached to an aromatic ring is 1. The van der Waals surface area contributed by atoms with Crippen LogP contribution in [0.25, 0.3) is 0 Å². The molecule has 1 aromatic rings. The number of anilines is 1. The lowest BCUT2D eigenvalue weighted by Crippen LogP contribution is -2.33. The summed E-state index contributed by atoms with van der Waals surface area (Å²) in [5.74, 6) is -0.503. The molecule has 0 saturated carbocycles. The monoisotopic (exact) mass is 250 g/mol. The third-order valence-corrected chi connectivity index (χ3v) is 2.35. The zero-order chi connectivity index (χ0) is 13.1. The zero-order valence-corrected chi connectivity index (χ0v) is 9.39. The van der Waals surface area contributed by atoms with E-state index in [0.29, 0.717) is 11.3 Å². The summed E-state index contributed by atoms with van der Waals surface area (Å²) in [5, 5.41) is 0. The van der Waals surface area contributed by atoms with Gasteiger partial charge >= 0.3 is 6.18 Å². The SMILES string of the molecule is CCN(Cc1cc(F)ccc1N)CC(F)(F)F. The Balaban J connectivity index is 2.77. The highest BCUT2D eigenvalue weighted by molar-refractivity contribution is 5.46. The molecule has 0 spiro atoms. The van der Waals surface area contributed by atoms with Crippen LogP contribution in [-0.4, -0.2) is 24.2 Å². The average molecular weight is 250 g/mol. The van der Waals surface area contributed by atoms with E-state index in [1.54, 1.807) is 6.92 Å². The molecular formula is C11H14F4N2. The van der Waals surface area contributed by atoms with E-state index in [0.717, 1.165) is 11.0 Å². The molecule has 0 atom stereocenters. The minimum absolute atomic E-state index is 0.0143. The second-order valence-electron chi connectivity index (χ2n) is 3.76. The Morgan fingerprint density at radius 2 is 1.94 bits per heavy atom. The van der Waals surface area contributed by atoms with Gasteiger partial charge in [-0.05, 0) is 30.3 Å². The van der Waals surface area contributed by atoms with Crippen molar-refractivity contribution in [1.82, 2.24) is 4.90 Å². The number of hydrogen-bond donors (Lipinski definition) is 1. The lowest BCUT2D eigenvalue weighted by molar-refractivity contribution is -0.146. The van der Waals surface area contributed by atoms with Gasteiger partial charge in [0.25, 0.3) is 0 Å².